The third-order valence-corrected chi connectivity index (χ3v) is 4.16. The molecule has 0 aromatic rings. The van der Waals surface area contributed by atoms with Gasteiger partial charge in [-0.25, -0.2) is 0 Å². The summed E-state index contributed by atoms with van der Waals surface area (Å²) >= 11 is 2.07. The maximum Gasteiger partial charge on any atom is 0.0241 e. The van der Waals surface area contributed by atoms with Gasteiger partial charge in [-0.05, 0) is 25.1 Å². The Morgan fingerprint density at radius 3 is 2.62 bits per heavy atom. The first-order valence-corrected chi connectivity index (χ1v) is 6.32. The van der Waals surface area contributed by atoms with E-state index in [-0.39, 0.29) is 0 Å². The highest BCUT2D eigenvalue weighted by atomic mass is 32.2. The monoisotopic (exact) mass is 202 g/mol. The van der Waals surface area contributed by atoms with Gasteiger partial charge in [0.15, 0.2) is 0 Å². The molecule has 0 amide bonds. The molecule has 0 aromatic heterocycles. The van der Waals surface area contributed by atoms with E-state index in [2.05, 4.69) is 37.6 Å². The SMILES string of the molecule is CC(C)C(CN)N(C)C1CCSC1. The van der Waals surface area contributed by atoms with Crippen LogP contribution in [0, 0.1) is 5.92 Å². The molecule has 1 aliphatic heterocycles. The van der Waals surface area contributed by atoms with E-state index >= 15 is 0 Å². The molecule has 13 heavy (non-hydrogen) atoms. The van der Waals surface area contributed by atoms with Gasteiger partial charge in [0.2, 0.25) is 0 Å². The van der Waals surface area contributed by atoms with Crippen molar-refractivity contribution in [2.24, 2.45) is 11.7 Å². The van der Waals surface area contributed by atoms with Crippen LogP contribution in [-0.2, 0) is 0 Å². The Labute approximate surface area is 86.2 Å². The summed E-state index contributed by atoms with van der Waals surface area (Å²) in [5.74, 6) is 3.28. The van der Waals surface area contributed by atoms with E-state index < -0.39 is 0 Å². The van der Waals surface area contributed by atoms with Crippen LogP contribution in [0.5, 0.6) is 0 Å². The van der Waals surface area contributed by atoms with Crippen LogP contribution in [-0.4, -0.2) is 42.1 Å². The Balaban J connectivity index is 2.46. The van der Waals surface area contributed by atoms with Gasteiger partial charge in [-0.1, -0.05) is 13.8 Å². The minimum atomic E-state index is 0.559. The van der Waals surface area contributed by atoms with Crippen LogP contribution in [0.1, 0.15) is 20.3 Å². The summed E-state index contributed by atoms with van der Waals surface area (Å²) in [6, 6.07) is 1.32. The largest absolute Gasteiger partial charge is 0.329 e. The van der Waals surface area contributed by atoms with E-state index in [1.807, 2.05) is 0 Å². The molecule has 1 rings (SSSR count). The third kappa shape index (κ3) is 2.86. The second-order valence-electron chi connectivity index (χ2n) is 4.23. The van der Waals surface area contributed by atoms with Crippen LogP contribution < -0.4 is 5.73 Å². The molecule has 0 saturated carbocycles. The van der Waals surface area contributed by atoms with Crippen molar-refractivity contribution in [3.05, 3.63) is 0 Å². The van der Waals surface area contributed by atoms with Crippen molar-refractivity contribution in [2.75, 3.05) is 25.1 Å². The molecular weight excluding hydrogens is 180 g/mol. The summed E-state index contributed by atoms with van der Waals surface area (Å²) in [6.45, 7) is 5.31. The maximum atomic E-state index is 5.79. The molecular formula is C10H22N2S. The minimum absolute atomic E-state index is 0.559. The predicted octanol–water partition coefficient (Wildman–Crippen LogP) is 1.41. The molecule has 1 aliphatic rings. The van der Waals surface area contributed by atoms with Gasteiger partial charge in [-0.15, -0.1) is 0 Å². The topological polar surface area (TPSA) is 29.3 Å². The lowest BCUT2D eigenvalue weighted by Gasteiger charge is -2.34. The number of likely N-dealkylation sites (N-methyl/N-ethyl adjacent to an activating group) is 1. The molecule has 78 valence electrons. The lowest BCUT2D eigenvalue weighted by atomic mass is 10.0. The van der Waals surface area contributed by atoms with Crippen LogP contribution >= 0.6 is 11.8 Å². The molecule has 0 spiro atoms. The molecule has 2 N–H and O–H groups in total. The van der Waals surface area contributed by atoms with Gasteiger partial charge in [0.25, 0.3) is 0 Å². The Bertz CT molecular complexity index is 144. The molecule has 0 bridgehead atoms. The fourth-order valence-corrected chi connectivity index (χ4v) is 3.30. The van der Waals surface area contributed by atoms with Crippen LogP contribution in [0.25, 0.3) is 0 Å². The molecule has 2 nitrogen and oxygen atoms in total. The van der Waals surface area contributed by atoms with Crippen LogP contribution in [0.2, 0.25) is 0 Å². The van der Waals surface area contributed by atoms with E-state index in [9.17, 15) is 0 Å². The Kier molecular flexibility index (Phi) is 4.56. The number of hydrogen-bond donors (Lipinski definition) is 1. The van der Waals surface area contributed by atoms with Gasteiger partial charge in [0.1, 0.15) is 0 Å². The molecule has 2 atom stereocenters. The lowest BCUT2D eigenvalue weighted by Crippen LogP contribution is -2.47. The van der Waals surface area contributed by atoms with E-state index in [4.69, 9.17) is 5.73 Å². The zero-order valence-corrected chi connectivity index (χ0v) is 9.81. The van der Waals surface area contributed by atoms with Crippen LogP contribution in [0.4, 0.5) is 0 Å². The molecule has 1 heterocycles. The zero-order chi connectivity index (χ0) is 9.84. The van der Waals surface area contributed by atoms with Crippen molar-refractivity contribution in [1.82, 2.24) is 4.90 Å². The van der Waals surface area contributed by atoms with Gasteiger partial charge < -0.3 is 5.73 Å². The summed E-state index contributed by atoms with van der Waals surface area (Å²) in [6.07, 6.45) is 1.34. The highest BCUT2D eigenvalue weighted by Gasteiger charge is 2.26. The quantitative estimate of drug-likeness (QED) is 0.747. The molecule has 0 radical (unpaired) electrons. The number of rotatable bonds is 4. The van der Waals surface area contributed by atoms with E-state index in [0.717, 1.165) is 12.6 Å². The molecule has 2 unspecified atom stereocenters. The molecule has 1 fully saturated rings. The van der Waals surface area contributed by atoms with E-state index in [1.54, 1.807) is 0 Å². The summed E-state index contributed by atoms with van der Waals surface area (Å²) < 4.78 is 0. The first-order chi connectivity index (χ1) is 6.16. The van der Waals surface area contributed by atoms with Crippen molar-refractivity contribution >= 4 is 11.8 Å². The van der Waals surface area contributed by atoms with Crippen molar-refractivity contribution in [2.45, 2.75) is 32.4 Å². The summed E-state index contributed by atoms with van der Waals surface area (Å²) in [5, 5.41) is 0. The summed E-state index contributed by atoms with van der Waals surface area (Å²) in [5.41, 5.74) is 5.79. The van der Waals surface area contributed by atoms with Crippen LogP contribution in [0.15, 0.2) is 0 Å². The first kappa shape index (κ1) is 11.3. The standard InChI is InChI=1S/C10H22N2S/c1-8(2)10(6-11)12(3)9-4-5-13-7-9/h8-10H,4-7,11H2,1-3H3. The molecule has 1 saturated heterocycles. The Morgan fingerprint density at radius 1 is 1.54 bits per heavy atom. The highest BCUT2D eigenvalue weighted by Crippen LogP contribution is 2.24. The molecule has 3 heteroatoms. The maximum absolute atomic E-state index is 5.79. The Hall–Kier alpha value is 0.270. The summed E-state index contributed by atoms with van der Waals surface area (Å²) in [4.78, 5) is 2.49. The van der Waals surface area contributed by atoms with Crippen molar-refractivity contribution in [1.29, 1.82) is 0 Å². The van der Waals surface area contributed by atoms with Gasteiger partial charge in [0.05, 0.1) is 0 Å². The van der Waals surface area contributed by atoms with E-state index in [0.29, 0.717) is 12.0 Å². The fraction of sp³-hybridized carbons (Fsp3) is 1.00. The average Bonchev–Trinajstić information content (AvgIpc) is 2.56. The minimum Gasteiger partial charge on any atom is -0.329 e. The first-order valence-electron chi connectivity index (χ1n) is 5.16. The number of hydrogen-bond acceptors (Lipinski definition) is 3. The van der Waals surface area contributed by atoms with Gasteiger partial charge in [0, 0.05) is 24.4 Å². The molecule has 0 aliphatic carbocycles. The van der Waals surface area contributed by atoms with Gasteiger partial charge in [-0.3, -0.25) is 4.90 Å². The fourth-order valence-electron chi connectivity index (χ4n) is 2.02. The Morgan fingerprint density at radius 2 is 2.23 bits per heavy atom. The molecule has 0 aromatic carbocycles. The number of nitrogens with zero attached hydrogens (tertiary/aromatic N) is 1. The number of thioether (sulfide) groups is 1. The number of nitrogens with two attached hydrogens (primary N) is 1. The highest BCUT2D eigenvalue weighted by molar-refractivity contribution is 7.99. The second-order valence-corrected chi connectivity index (χ2v) is 5.38. The summed E-state index contributed by atoms with van der Waals surface area (Å²) in [7, 11) is 2.23. The predicted molar refractivity (Wildman–Crippen MR) is 61.2 cm³/mol. The third-order valence-electron chi connectivity index (χ3n) is 3.02. The second kappa shape index (κ2) is 5.23. The zero-order valence-electron chi connectivity index (χ0n) is 8.99. The van der Waals surface area contributed by atoms with Crippen molar-refractivity contribution in [3.8, 4) is 0 Å². The van der Waals surface area contributed by atoms with Crippen molar-refractivity contribution < 1.29 is 0 Å². The van der Waals surface area contributed by atoms with Crippen LogP contribution in [0.3, 0.4) is 0 Å². The normalized spacial score (nSPS) is 25.8. The van der Waals surface area contributed by atoms with Gasteiger partial charge in [-0.2, -0.15) is 11.8 Å². The van der Waals surface area contributed by atoms with Crippen molar-refractivity contribution in [3.63, 3.8) is 0 Å². The smallest absolute Gasteiger partial charge is 0.0241 e. The van der Waals surface area contributed by atoms with E-state index in [1.165, 1.54) is 17.9 Å². The average molecular weight is 202 g/mol. The lowest BCUT2D eigenvalue weighted by molar-refractivity contribution is 0.152. The van der Waals surface area contributed by atoms with Gasteiger partial charge >= 0.3 is 0 Å².